The highest BCUT2D eigenvalue weighted by Crippen LogP contribution is 2.14. The third kappa shape index (κ3) is 3.05. The molecule has 3 heteroatoms. The van der Waals surface area contributed by atoms with Crippen molar-refractivity contribution < 1.29 is 4.74 Å². The lowest BCUT2D eigenvalue weighted by atomic mass is 10.2. The molecule has 1 heterocycles. The minimum atomic E-state index is 0.413. The highest BCUT2D eigenvalue weighted by atomic mass is 16.5. The molecule has 2 rings (SSSR count). The van der Waals surface area contributed by atoms with Gasteiger partial charge in [-0.3, -0.25) is 4.98 Å². The van der Waals surface area contributed by atoms with Crippen LogP contribution in [0.15, 0.2) is 42.5 Å². The quantitative estimate of drug-likeness (QED) is 0.805. The molecule has 3 nitrogen and oxygen atoms in total. The van der Waals surface area contributed by atoms with Crippen LogP contribution in [0.25, 0.3) is 0 Å². The van der Waals surface area contributed by atoms with Crippen LogP contribution in [0.1, 0.15) is 17.0 Å². The van der Waals surface area contributed by atoms with E-state index in [0.29, 0.717) is 17.9 Å². The zero-order chi connectivity index (χ0) is 12.1. The van der Waals surface area contributed by atoms with E-state index in [9.17, 15) is 0 Å². The molecule has 17 heavy (non-hydrogen) atoms. The van der Waals surface area contributed by atoms with Crippen molar-refractivity contribution >= 4 is 0 Å². The maximum Gasteiger partial charge on any atom is 0.130 e. The second-order valence-electron chi connectivity index (χ2n) is 3.70. The Morgan fingerprint density at radius 2 is 2.06 bits per heavy atom. The topological polar surface area (TPSA) is 45.9 Å². The monoisotopic (exact) mass is 224 g/mol. The van der Waals surface area contributed by atoms with Crippen LogP contribution in [0.2, 0.25) is 0 Å². The minimum Gasteiger partial charge on any atom is -0.487 e. The zero-order valence-electron chi connectivity index (χ0n) is 9.55. The number of aromatic nitrogens is 1. The molecule has 0 aliphatic rings. The molecular weight excluding hydrogens is 212 g/mol. The molecule has 0 fully saturated rings. The lowest BCUT2D eigenvalue weighted by Crippen LogP contribution is -1.99. The minimum absolute atomic E-state index is 0.413. The van der Waals surface area contributed by atoms with Gasteiger partial charge in [-0.2, -0.15) is 5.26 Å². The molecule has 2 aromatic rings. The number of hydrogen-bond acceptors (Lipinski definition) is 3. The number of nitrogens with zero attached hydrogens (tertiary/aromatic N) is 2. The molecule has 0 spiro atoms. The van der Waals surface area contributed by atoms with Gasteiger partial charge in [-0.05, 0) is 37.3 Å². The van der Waals surface area contributed by atoms with E-state index in [1.165, 1.54) is 0 Å². The third-order valence-electron chi connectivity index (χ3n) is 2.30. The van der Waals surface area contributed by atoms with E-state index in [1.807, 2.05) is 31.2 Å². The van der Waals surface area contributed by atoms with Crippen molar-refractivity contribution in [1.29, 1.82) is 5.26 Å². The fraction of sp³-hybridized carbons (Fsp3) is 0.143. The summed E-state index contributed by atoms with van der Waals surface area (Å²) in [6, 6.07) is 15.0. The maximum atomic E-state index is 8.77. The number of ether oxygens (including phenoxy) is 1. The molecule has 0 atom stereocenters. The number of hydrogen-bond donors (Lipinski definition) is 0. The normalized spacial score (nSPS) is 9.65. The number of benzene rings is 1. The van der Waals surface area contributed by atoms with Gasteiger partial charge in [0.25, 0.3) is 0 Å². The highest BCUT2D eigenvalue weighted by Gasteiger charge is 1.98. The summed E-state index contributed by atoms with van der Waals surface area (Å²) in [5.74, 6) is 0.687. The molecule has 0 saturated carbocycles. The van der Waals surface area contributed by atoms with Gasteiger partial charge < -0.3 is 4.74 Å². The molecular formula is C14H12N2O. The fourth-order valence-electron chi connectivity index (χ4n) is 1.49. The van der Waals surface area contributed by atoms with Crippen LogP contribution in [0.4, 0.5) is 0 Å². The van der Waals surface area contributed by atoms with E-state index in [2.05, 4.69) is 11.1 Å². The zero-order valence-corrected chi connectivity index (χ0v) is 9.55. The van der Waals surface area contributed by atoms with Gasteiger partial charge in [0, 0.05) is 5.69 Å². The average Bonchev–Trinajstić information content (AvgIpc) is 2.37. The number of nitriles is 1. The van der Waals surface area contributed by atoms with Crippen LogP contribution in [0.3, 0.4) is 0 Å². The standard InChI is InChI=1S/C14H12N2O/c1-11-4-2-6-13(16-11)10-17-14-7-3-5-12(8-14)9-15/h2-8H,10H2,1H3. The summed E-state index contributed by atoms with van der Waals surface area (Å²) < 4.78 is 5.58. The summed E-state index contributed by atoms with van der Waals surface area (Å²) >= 11 is 0. The Balaban J connectivity index is 2.05. The van der Waals surface area contributed by atoms with Crippen molar-refractivity contribution in [3.63, 3.8) is 0 Å². The van der Waals surface area contributed by atoms with Gasteiger partial charge in [-0.1, -0.05) is 12.1 Å². The van der Waals surface area contributed by atoms with E-state index in [0.717, 1.165) is 11.4 Å². The van der Waals surface area contributed by atoms with Crippen LogP contribution in [-0.2, 0) is 6.61 Å². The van der Waals surface area contributed by atoms with Crippen molar-refractivity contribution in [2.45, 2.75) is 13.5 Å². The van der Waals surface area contributed by atoms with Crippen LogP contribution < -0.4 is 4.74 Å². The first-order valence-electron chi connectivity index (χ1n) is 5.33. The second-order valence-corrected chi connectivity index (χ2v) is 3.70. The fourth-order valence-corrected chi connectivity index (χ4v) is 1.49. The molecule has 0 radical (unpaired) electrons. The Morgan fingerprint density at radius 3 is 2.82 bits per heavy atom. The number of pyridine rings is 1. The van der Waals surface area contributed by atoms with Crippen LogP contribution >= 0.6 is 0 Å². The SMILES string of the molecule is Cc1cccc(COc2cccc(C#N)c2)n1. The lowest BCUT2D eigenvalue weighted by Gasteiger charge is -2.06. The molecule has 0 amide bonds. The van der Waals surface area contributed by atoms with E-state index < -0.39 is 0 Å². The first-order chi connectivity index (χ1) is 8.28. The van der Waals surface area contributed by atoms with Gasteiger partial charge in [-0.25, -0.2) is 0 Å². The number of aryl methyl sites for hydroxylation is 1. The smallest absolute Gasteiger partial charge is 0.130 e. The molecule has 0 aliphatic carbocycles. The average molecular weight is 224 g/mol. The van der Waals surface area contributed by atoms with Crippen molar-refractivity contribution in [3.8, 4) is 11.8 Å². The summed E-state index contributed by atoms with van der Waals surface area (Å²) in [5, 5.41) is 8.77. The van der Waals surface area contributed by atoms with Crippen LogP contribution in [-0.4, -0.2) is 4.98 Å². The highest BCUT2D eigenvalue weighted by molar-refractivity contribution is 5.36. The summed E-state index contributed by atoms with van der Waals surface area (Å²) in [4.78, 5) is 4.34. The molecule has 0 N–H and O–H groups in total. The van der Waals surface area contributed by atoms with E-state index in [-0.39, 0.29) is 0 Å². The third-order valence-corrected chi connectivity index (χ3v) is 2.30. The lowest BCUT2D eigenvalue weighted by molar-refractivity contribution is 0.301. The Morgan fingerprint density at radius 1 is 1.24 bits per heavy atom. The van der Waals surface area contributed by atoms with Crippen LogP contribution in [0.5, 0.6) is 5.75 Å². The van der Waals surface area contributed by atoms with E-state index >= 15 is 0 Å². The molecule has 0 unspecified atom stereocenters. The summed E-state index contributed by atoms with van der Waals surface area (Å²) in [5.41, 5.74) is 2.45. The largest absolute Gasteiger partial charge is 0.487 e. The molecule has 1 aromatic carbocycles. The first-order valence-corrected chi connectivity index (χ1v) is 5.33. The Bertz CT molecular complexity index is 558. The first kappa shape index (κ1) is 11.2. The molecule has 0 saturated heterocycles. The van der Waals surface area contributed by atoms with Gasteiger partial charge in [0.1, 0.15) is 12.4 Å². The van der Waals surface area contributed by atoms with Gasteiger partial charge in [0.2, 0.25) is 0 Å². The number of rotatable bonds is 3. The van der Waals surface area contributed by atoms with Crippen molar-refractivity contribution in [2.24, 2.45) is 0 Å². The van der Waals surface area contributed by atoms with Crippen molar-refractivity contribution in [1.82, 2.24) is 4.98 Å². The molecule has 84 valence electrons. The molecule has 0 bridgehead atoms. The van der Waals surface area contributed by atoms with E-state index in [4.69, 9.17) is 10.00 Å². The Labute approximate surface area is 100 Å². The second kappa shape index (κ2) is 5.13. The molecule has 0 aliphatic heterocycles. The van der Waals surface area contributed by atoms with Gasteiger partial charge in [0.15, 0.2) is 0 Å². The van der Waals surface area contributed by atoms with Crippen molar-refractivity contribution in [2.75, 3.05) is 0 Å². The van der Waals surface area contributed by atoms with Crippen molar-refractivity contribution in [3.05, 3.63) is 59.4 Å². The summed E-state index contributed by atoms with van der Waals surface area (Å²) in [6.07, 6.45) is 0. The summed E-state index contributed by atoms with van der Waals surface area (Å²) in [7, 11) is 0. The summed E-state index contributed by atoms with van der Waals surface area (Å²) in [6.45, 7) is 2.36. The van der Waals surface area contributed by atoms with Gasteiger partial charge in [-0.15, -0.1) is 0 Å². The maximum absolute atomic E-state index is 8.77. The van der Waals surface area contributed by atoms with Gasteiger partial charge in [0.05, 0.1) is 17.3 Å². The Hall–Kier alpha value is -2.34. The van der Waals surface area contributed by atoms with Gasteiger partial charge >= 0.3 is 0 Å². The van der Waals surface area contributed by atoms with Crippen LogP contribution in [0, 0.1) is 18.3 Å². The predicted octanol–water partition coefficient (Wildman–Crippen LogP) is 2.84. The van der Waals surface area contributed by atoms with E-state index in [1.54, 1.807) is 18.2 Å². The Kier molecular flexibility index (Phi) is 3.37. The predicted molar refractivity (Wildman–Crippen MR) is 64.5 cm³/mol. The molecule has 1 aromatic heterocycles.